The van der Waals surface area contributed by atoms with Crippen LogP contribution in [0.3, 0.4) is 0 Å². The Labute approximate surface area is 119 Å². The molecule has 0 spiro atoms. The number of carbonyl (C=O) groups excluding carboxylic acids is 1. The quantitative estimate of drug-likeness (QED) is 0.755. The SMILES string of the molecule is COCC1(C(=O)Nc2cccc(CO)c2)CCNCC1. The van der Waals surface area contributed by atoms with Crippen LogP contribution >= 0.6 is 0 Å². The predicted octanol–water partition coefficient (Wildman–Crippen LogP) is 1.13. The summed E-state index contributed by atoms with van der Waals surface area (Å²) in [6, 6.07) is 7.27. The third-order valence-electron chi connectivity index (χ3n) is 3.83. The molecule has 1 aliphatic rings. The van der Waals surface area contributed by atoms with Gasteiger partial charge in [0.15, 0.2) is 0 Å². The Kier molecular flexibility index (Phi) is 5.11. The second kappa shape index (κ2) is 6.83. The average molecular weight is 278 g/mol. The molecular formula is C15H22N2O3. The minimum atomic E-state index is -0.463. The van der Waals surface area contributed by atoms with Gasteiger partial charge in [0, 0.05) is 12.8 Å². The van der Waals surface area contributed by atoms with Crippen LogP contribution in [-0.2, 0) is 16.1 Å². The number of ether oxygens (including phenoxy) is 1. The number of hydrogen-bond donors (Lipinski definition) is 3. The molecule has 0 radical (unpaired) electrons. The summed E-state index contributed by atoms with van der Waals surface area (Å²) in [6.45, 7) is 2.05. The van der Waals surface area contributed by atoms with Crippen LogP contribution in [0, 0.1) is 5.41 Å². The van der Waals surface area contributed by atoms with Crippen molar-refractivity contribution in [2.75, 3.05) is 32.1 Å². The first-order valence-electron chi connectivity index (χ1n) is 6.91. The second-order valence-corrected chi connectivity index (χ2v) is 5.28. The van der Waals surface area contributed by atoms with Gasteiger partial charge in [0.25, 0.3) is 0 Å². The molecule has 3 N–H and O–H groups in total. The molecule has 1 aliphatic heterocycles. The second-order valence-electron chi connectivity index (χ2n) is 5.28. The highest BCUT2D eigenvalue weighted by Crippen LogP contribution is 2.31. The monoisotopic (exact) mass is 278 g/mol. The first kappa shape index (κ1) is 15.0. The van der Waals surface area contributed by atoms with E-state index in [4.69, 9.17) is 9.84 Å². The van der Waals surface area contributed by atoms with Crippen LogP contribution in [0.25, 0.3) is 0 Å². The molecule has 0 atom stereocenters. The molecule has 1 fully saturated rings. The van der Waals surface area contributed by atoms with Crippen molar-refractivity contribution in [3.8, 4) is 0 Å². The largest absolute Gasteiger partial charge is 0.392 e. The minimum absolute atomic E-state index is 0.00376. The number of amides is 1. The summed E-state index contributed by atoms with van der Waals surface area (Å²) in [7, 11) is 1.63. The lowest BCUT2D eigenvalue weighted by Gasteiger charge is -2.35. The fraction of sp³-hybridized carbons (Fsp3) is 0.533. The van der Waals surface area contributed by atoms with E-state index >= 15 is 0 Å². The Hall–Kier alpha value is -1.43. The number of piperidine rings is 1. The molecule has 5 heteroatoms. The van der Waals surface area contributed by atoms with E-state index < -0.39 is 5.41 Å². The topological polar surface area (TPSA) is 70.6 Å². The van der Waals surface area contributed by atoms with E-state index in [1.54, 1.807) is 13.2 Å². The standard InChI is InChI=1S/C15H22N2O3/c1-20-11-15(5-7-16-8-6-15)14(19)17-13-4-2-3-12(9-13)10-18/h2-4,9,16,18H,5-8,10-11H2,1H3,(H,17,19). The van der Waals surface area contributed by atoms with Crippen molar-refractivity contribution < 1.29 is 14.6 Å². The van der Waals surface area contributed by atoms with E-state index in [-0.39, 0.29) is 12.5 Å². The molecule has 1 amide bonds. The molecule has 110 valence electrons. The molecule has 1 saturated heterocycles. The molecule has 0 saturated carbocycles. The Bertz CT molecular complexity index is 451. The molecule has 5 nitrogen and oxygen atoms in total. The fourth-order valence-electron chi connectivity index (χ4n) is 2.63. The van der Waals surface area contributed by atoms with E-state index in [1.165, 1.54) is 0 Å². The highest BCUT2D eigenvalue weighted by Gasteiger charge is 2.39. The Morgan fingerprint density at radius 2 is 2.20 bits per heavy atom. The van der Waals surface area contributed by atoms with E-state index in [9.17, 15) is 4.79 Å². The van der Waals surface area contributed by atoms with Gasteiger partial charge >= 0.3 is 0 Å². The van der Waals surface area contributed by atoms with Crippen LogP contribution in [0.5, 0.6) is 0 Å². The normalized spacial score (nSPS) is 17.7. The summed E-state index contributed by atoms with van der Waals surface area (Å²) in [5.41, 5.74) is 1.04. The maximum atomic E-state index is 12.6. The molecule has 2 rings (SSSR count). The van der Waals surface area contributed by atoms with Crippen LogP contribution < -0.4 is 10.6 Å². The molecule has 0 unspecified atom stereocenters. The number of benzene rings is 1. The zero-order valence-corrected chi connectivity index (χ0v) is 11.8. The smallest absolute Gasteiger partial charge is 0.233 e. The fourth-order valence-corrected chi connectivity index (χ4v) is 2.63. The number of hydrogen-bond acceptors (Lipinski definition) is 4. The summed E-state index contributed by atoms with van der Waals surface area (Å²) in [6.07, 6.45) is 1.54. The molecule has 0 aliphatic carbocycles. The molecule has 0 aromatic heterocycles. The van der Waals surface area contributed by atoms with Gasteiger partial charge in [0.05, 0.1) is 18.6 Å². The first-order valence-corrected chi connectivity index (χ1v) is 6.91. The molecule has 1 aromatic rings. The van der Waals surface area contributed by atoms with Crippen molar-refractivity contribution in [2.45, 2.75) is 19.4 Å². The van der Waals surface area contributed by atoms with Gasteiger partial charge < -0.3 is 20.5 Å². The highest BCUT2D eigenvalue weighted by molar-refractivity contribution is 5.95. The minimum Gasteiger partial charge on any atom is -0.392 e. The van der Waals surface area contributed by atoms with E-state index in [0.29, 0.717) is 6.61 Å². The van der Waals surface area contributed by atoms with Gasteiger partial charge in [-0.2, -0.15) is 0 Å². The number of carbonyl (C=O) groups is 1. The number of anilines is 1. The van der Waals surface area contributed by atoms with Crippen molar-refractivity contribution in [3.05, 3.63) is 29.8 Å². The van der Waals surface area contributed by atoms with Crippen molar-refractivity contribution in [1.29, 1.82) is 0 Å². The third-order valence-corrected chi connectivity index (χ3v) is 3.83. The Balaban J connectivity index is 2.11. The van der Waals surface area contributed by atoms with Crippen molar-refractivity contribution >= 4 is 11.6 Å². The summed E-state index contributed by atoms with van der Waals surface area (Å²) in [5.74, 6) is -0.00376. The molecule has 20 heavy (non-hydrogen) atoms. The van der Waals surface area contributed by atoms with Crippen LogP contribution in [0.1, 0.15) is 18.4 Å². The lowest BCUT2D eigenvalue weighted by atomic mass is 9.78. The van der Waals surface area contributed by atoms with Crippen LogP contribution in [0.2, 0.25) is 0 Å². The third kappa shape index (κ3) is 3.36. The molecule has 1 aromatic carbocycles. The summed E-state index contributed by atoms with van der Waals surface area (Å²) < 4.78 is 5.26. The molecule has 1 heterocycles. The maximum absolute atomic E-state index is 12.6. The van der Waals surface area contributed by atoms with Gasteiger partial charge in [-0.05, 0) is 43.6 Å². The van der Waals surface area contributed by atoms with Gasteiger partial charge in [-0.25, -0.2) is 0 Å². The van der Waals surface area contributed by atoms with E-state index in [0.717, 1.165) is 37.2 Å². The van der Waals surface area contributed by atoms with E-state index in [1.807, 2.05) is 18.2 Å². The summed E-state index contributed by atoms with van der Waals surface area (Å²) >= 11 is 0. The number of rotatable bonds is 5. The van der Waals surface area contributed by atoms with Crippen LogP contribution in [0.15, 0.2) is 24.3 Å². The number of methoxy groups -OCH3 is 1. The molecular weight excluding hydrogens is 256 g/mol. The number of aliphatic hydroxyl groups is 1. The number of nitrogens with one attached hydrogen (secondary N) is 2. The van der Waals surface area contributed by atoms with Gasteiger partial charge in [0.2, 0.25) is 5.91 Å². The Morgan fingerprint density at radius 3 is 2.85 bits per heavy atom. The molecule has 0 bridgehead atoms. The zero-order valence-electron chi connectivity index (χ0n) is 11.8. The van der Waals surface area contributed by atoms with Crippen molar-refractivity contribution in [3.63, 3.8) is 0 Å². The Morgan fingerprint density at radius 1 is 1.45 bits per heavy atom. The van der Waals surface area contributed by atoms with Gasteiger partial charge in [-0.1, -0.05) is 12.1 Å². The summed E-state index contributed by atoms with van der Waals surface area (Å²) in [4.78, 5) is 12.6. The lowest BCUT2D eigenvalue weighted by Crippen LogP contribution is -2.47. The average Bonchev–Trinajstić information content (AvgIpc) is 2.48. The van der Waals surface area contributed by atoms with E-state index in [2.05, 4.69) is 10.6 Å². The maximum Gasteiger partial charge on any atom is 0.233 e. The first-order chi connectivity index (χ1) is 9.70. The van der Waals surface area contributed by atoms with Gasteiger partial charge in [-0.15, -0.1) is 0 Å². The van der Waals surface area contributed by atoms with Crippen molar-refractivity contribution in [1.82, 2.24) is 5.32 Å². The van der Waals surface area contributed by atoms with Crippen LogP contribution in [-0.4, -0.2) is 37.8 Å². The van der Waals surface area contributed by atoms with Crippen molar-refractivity contribution in [2.24, 2.45) is 5.41 Å². The summed E-state index contributed by atoms with van der Waals surface area (Å²) in [5, 5.41) is 15.4. The van der Waals surface area contributed by atoms with Gasteiger partial charge in [-0.3, -0.25) is 4.79 Å². The highest BCUT2D eigenvalue weighted by atomic mass is 16.5. The zero-order chi connectivity index (χ0) is 14.4. The van der Waals surface area contributed by atoms with Gasteiger partial charge in [0.1, 0.15) is 0 Å². The van der Waals surface area contributed by atoms with Crippen LogP contribution in [0.4, 0.5) is 5.69 Å². The predicted molar refractivity (Wildman–Crippen MR) is 77.4 cm³/mol. The number of aliphatic hydroxyl groups excluding tert-OH is 1. The lowest BCUT2D eigenvalue weighted by molar-refractivity contribution is -0.130.